The molecule has 0 spiro atoms. The van der Waals surface area contributed by atoms with E-state index in [1.165, 1.54) is 0 Å². The maximum Gasteiger partial charge on any atom is 0.410 e. The summed E-state index contributed by atoms with van der Waals surface area (Å²) in [5, 5.41) is 6.73. The van der Waals surface area contributed by atoms with E-state index in [0.29, 0.717) is 41.1 Å². The van der Waals surface area contributed by atoms with Crippen LogP contribution in [0.4, 0.5) is 10.6 Å². The van der Waals surface area contributed by atoms with Gasteiger partial charge < -0.3 is 25.0 Å². The van der Waals surface area contributed by atoms with E-state index >= 15 is 0 Å². The quantitative estimate of drug-likeness (QED) is 0.555. The van der Waals surface area contributed by atoms with E-state index in [1.807, 2.05) is 51.1 Å². The number of thiocarbonyl (C=S) groups is 1. The summed E-state index contributed by atoms with van der Waals surface area (Å²) >= 11 is 8.83. The topological polar surface area (TPSA) is 88.6 Å². The fourth-order valence-corrected chi connectivity index (χ4v) is 3.73. The van der Waals surface area contributed by atoms with Crippen molar-refractivity contribution in [1.82, 2.24) is 20.2 Å². The van der Waals surface area contributed by atoms with Crippen LogP contribution >= 0.6 is 28.1 Å². The molecule has 2 aromatic rings. The molecule has 2 heterocycles. The van der Waals surface area contributed by atoms with Crippen molar-refractivity contribution in [2.24, 2.45) is 0 Å². The number of anilines is 1. The first-order valence-corrected chi connectivity index (χ1v) is 11.6. The third kappa shape index (κ3) is 7.59. The lowest BCUT2D eigenvalue weighted by molar-refractivity contribution is 0.0194. The van der Waals surface area contributed by atoms with Gasteiger partial charge in [0.1, 0.15) is 16.8 Å². The average molecular weight is 522 g/mol. The van der Waals surface area contributed by atoms with Crippen molar-refractivity contribution < 1.29 is 14.3 Å². The van der Waals surface area contributed by atoms with Crippen LogP contribution < -0.4 is 15.4 Å². The SMILES string of the molecule is CC(C)(C)OC(=O)N1CCC[C@@H](NC(=S)Nc2nc(Br)cnc2OCc2ccccc2)C1. The summed E-state index contributed by atoms with van der Waals surface area (Å²) in [4.78, 5) is 22.8. The first kappa shape index (κ1) is 24.2. The number of nitrogens with zero attached hydrogens (tertiary/aromatic N) is 3. The number of carbonyl (C=O) groups is 1. The Balaban J connectivity index is 1.58. The zero-order valence-electron chi connectivity index (χ0n) is 18.4. The molecule has 0 aliphatic carbocycles. The molecule has 8 nitrogen and oxygen atoms in total. The molecular formula is C22H28BrN5O3S. The molecule has 3 rings (SSSR count). The Bertz CT molecular complexity index is 939. The largest absolute Gasteiger partial charge is 0.470 e. The number of carbonyl (C=O) groups excluding carboxylic acids is 1. The Hall–Kier alpha value is -2.46. The van der Waals surface area contributed by atoms with E-state index < -0.39 is 5.60 Å². The average Bonchev–Trinajstić information content (AvgIpc) is 2.73. The van der Waals surface area contributed by atoms with Gasteiger partial charge in [-0.05, 0) is 67.3 Å². The summed E-state index contributed by atoms with van der Waals surface area (Å²) in [6.45, 7) is 7.12. The van der Waals surface area contributed by atoms with Crippen LogP contribution in [0.3, 0.4) is 0 Å². The van der Waals surface area contributed by atoms with Gasteiger partial charge in [-0.25, -0.2) is 14.8 Å². The summed E-state index contributed by atoms with van der Waals surface area (Å²) in [5.74, 6) is 0.757. The Kier molecular flexibility index (Phi) is 8.25. The number of piperidine rings is 1. The first-order valence-electron chi connectivity index (χ1n) is 10.4. The second-order valence-electron chi connectivity index (χ2n) is 8.48. The number of halogens is 1. The fourth-order valence-electron chi connectivity index (χ4n) is 3.19. The summed E-state index contributed by atoms with van der Waals surface area (Å²) in [5.41, 5.74) is 0.498. The Morgan fingerprint density at radius 2 is 2.06 bits per heavy atom. The number of benzene rings is 1. The minimum atomic E-state index is -0.524. The predicted octanol–water partition coefficient (Wildman–Crippen LogP) is 4.50. The van der Waals surface area contributed by atoms with Gasteiger partial charge in [0.25, 0.3) is 5.88 Å². The number of likely N-dealkylation sites (tertiary alicyclic amines) is 1. The van der Waals surface area contributed by atoms with Crippen molar-refractivity contribution in [1.29, 1.82) is 0 Å². The third-order valence-corrected chi connectivity index (χ3v) is 5.17. The van der Waals surface area contributed by atoms with Crippen LogP contribution in [0.15, 0.2) is 41.1 Å². The Labute approximate surface area is 202 Å². The first-order chi connectivity index (χ1) is 15.2. The second-order valence-corrected chi connectivity index (χ2v) is 9.71. The number of amides is 1. The molecule has 10 heteroatoms. The Morgan fingerprint density at radius 1 is 1.31 bits per heavy atom. The van der Waals surface area contributed by atoms with E-state index in [-0.39, 0.29) is 12.1 Å². The molecular weight excluding hydrogens is 494 g/mol. The number of ether oxygens (including phenoxy) is 2. The third-order valence-electron chi connectivity index (χ3n) is 4.57. The molecule has 1 aliphatic heterocycles. The summed E-state index contributed by atoms with van der Waals surface area (Å²) in [6, 6.07) is 9.82. The molecule has 1 aromatic carbocycles. The number of rotatable bonds is 5. The minimum Gasteiger partial charge on any atom is -0.470 e. The highest BCUT2D eigenvalue weighted by atomic mass is 79.9. The van der Waals surface area contributed by atoms with Gasteiger partial charge >= 0.3 is 6.09 Å². The van der Waals surface area contributed by atoms with E-state index in [2.05, 4.69) is 36.5 Å². The molecule has 1 aliphatic rings. The lowest BCUT2D eigenvalue weighted by Crippen LogP contribution is -2.51. The van der Waals surface area contributed by atoms with Crippen LogP contribution in [0.2, 0.25) is 0 Å². The number of hydrogen-bond acceptors (Lipinski definition) is 6. The summed E-state index contributed by atoms with van der Waals surface area (Å²) < 4.78 is 11.9. The molecule has 1 saturated heterocycles. The van der Waals surface area contributed by atoms with E-state index in [0.717, 1.165) is 18.4 Å². The van der Waals surface area contributed by atoms with Gasteiger partial charge in [0.05, 0.1) is 6.20 Å². The highest BCUT2D eigenvalue weighted by Gasteiger charge is 2.28. The van der Waals surface area contributed by atoms with E-state index in [4.69, 9.17) is 21.7 Å². The van der Waals surface area contributed by atoms with Gasteiger partial charge in [-0.2, -0.15) is 0 Å². The molecule has 1 aromatic heterocycles. The van der Waals surface area contributed by atoms with Crippen molar-refractivity contribution >= 4 is 45.2 Å². The van der Waals surface area contributed by atoms with Gasteiger partial charge in [-0.1, -0.05) is 30.3 Å². The number of aromatic nitrogens is 2. The monoisotopic (exact) mass is 521 g/mol. The van der Waals surface area contributed by atoms with Gasteiger partial charge in [0, 0.05) is 19.1 Å². The van der Waals surface area contributed by atoms with Crippen molar-refractivity contribution in [2.45, 2.75) is 51.9 Å². The molecule has 32 heavy (non-hydrogen) atoms. The standard InChI is InChI=1S/C22H28BrN5O3S/c1-22(2,3)31-21(29)28-11-7-10-16(13-28)25-20(32)27-18-19(24-12-17(23)26-18)30-14-15-8-5-4-6-9-15/h4-6,8-9,12,16H,7,10-11,13-14H2,1-3H3,(H2,25,26,27,32)/t16-/m1/s1. The van der Waals surface area contributed by atoms with Crippen LogP contribution in [-0.2, 0) is 11.3 Å². The lowest BCUT2D eigenvalue weighted by Gasteiger charge is -2.34. The predicted molar refractivity (Wildman–Crippen MR) is 131 cm³/mol. The Morgan fingerprint density at radius 3 is 2.78 bits per heavy atom. The van der Waals surface area contributed by atoms with E-state index in [9.17, 15) is 4.79 Å². The van der Waals surface area contributed by atoms with Crippen LogP contribution in [-0.4, -0.2) is 50.8 Å². The molecule has 1 atom stereocenters. The van der Waals surface area contributed by atoms with Gasteiger partial charge in [0.2, 0.25) is 0 Å². The smallest absolute Gasteiger partial charge is 0.410 e. The van der Waals surface area contributed by atoms with Crippen LogP contribution in [0.25, 0.3) is 0 Å². The van der Waals surface area contributed by atoms with Gasteiger partial charge in [-0.15, -0.1) is 0 Å². The molecule has 1 amide bonds. The number of nitrogens with one attached hydrogen (secondary N) is 2. The van der Waals surface area contributed by atoms with Crippen LogP contribution in [0.5, 0.6) is 5.88 Å². The second kappa shape index (κ2) is 10.9. The van der Waals surface area contributed by atoms with Crippen LogP contribution in [0.1, 0.15) is 39.2 Å². The van der Waals surface area contributed by atoms with Crippen molar-refractivity contribution in [3.8, 4) is 5.88 Å². The molecule has 0 radical (unpaired) electrons. The minimum absolute atomic E-state index is 0.00469. The summed E-state index contributed by atoms with van der Waals surface area (Å²) in [6.07, 6.45) is 3.02. The molecule has 0 saturated carbocycles. The molecule has 0 unspecified atom stereocenters. The fraction of sp³-hybridized carbons (Fsp3) is 0.455. The molecule has 172 valence electrons. The van der Waals surface area contributed by atoms with Crippen molar-refractivity contribution in [2.75, 3.05) is 18.4 Å². The normalized spacial score (nSPS) is 16.2. The van der Waals surface area contributed by atoms with Gasteiger partial charge in [0.15, 0.2) is 10.9 Å². The molecule has 0 bridgehead atoms. The van der Waals surface area contributed by atoms with E-state index in [1.54, 1.807) is 11.1 Å². The van der Waals surface area contributed by atoms with Crippen molar-refractivity contribution in [3.05, 3.63) is 46.7 Å². The van der Waals surface area contributed by atoms with Crippen LogP contribution in [0, 0.1) is 0 Å². The summed E-state index contributed by atoms with van der Waals surface area (Å²) in [7, 11) is 0. The lowest BCUT2D eigenvalue weighted by atomic mass is 10.1. The maximum atomic E-state index is 12.4. The zero-order chi connectivity index (χ0) is 23.1. The van der Waals surface area contributed by atoms with Gasteiger partial charge in [-0.3, -0.25) is 0 Å². The molecule has 2 N–H and O–H groups in total. The zero-order valence-corrected chi connectivity index (χ0v) is 20.8. The highest BCUT2D eigenvalue weighted by Crippen LogP contribution is 2.23. The maximum absolute atomic E-state index is 12.4. The molecule has 1 fully saturated rings. The van der Waals surface area contributed by atoms with Crippen molar-refractivity contribution in [3.63, 3.8) is 0 Å². The highest BCUT2D eigenvalue weighted by molar-refractivity contribution is 9.10. The number of hydrogen-bond donors (Lipinski definition) is 2.